The Morgan fingerprint density at radius 1 is 1.29 bits per heavy atom. The second kappa shape index (κ2) is 5.94. The van der Waals surface area contributed by atoms with Crippen LogP contribution in [-0.2, 0) is 12.3 Å². The van der Waals surface area contributed by atoms with Crippen molar-refractivity contribution in [1.29, 1.82) is 0 Å². The third-order valence-corrected chi connectivity index (χ3v) is 3.79. The first-order valence-corrected chi connectivity index (χ1v) is 7.42. The molecule has 21 heavy (non-hydrogen) atoms. The van der Waals surface area contributed by atoms with Gasteiger partial charge in [0.15, 0.2) is 0 Å². The highest BCUT2D eigenvalue weighted by Crippen LogP contribution is 2.30. The van der Waals surface area contributed by atoms with E-state index >= 15 is 0 Å². The largest absolute Gasteiger partial charge is 0.490 e. The summed E-state index contributed by atoms with van der Waals surface area (Å²) >= 11 is 5.73. The van der Waals surface area contributed by atoms with Crippen molar-refractivity contribution in [3.63, 3.8) is 0 Å². The summed E-state index contributed by atoms with van der Waals surface area (Å²) in [7, 11) is 0. The van der Waals surface area contributed by atoms with Gasteiger partial charge >= 0.3 is 0 Å². The molecule has 0 amide bonds. The van der Waals surface area contributed by atoms with Crippen molar-refractivity contribution < 1.29 is 13.9 Å². The first-order valence-electron chi connectivity index (χ1n) is 6.88. The maximum atomic E-state index is 13.4. The molecule has 1 unspecified atom stereocenters. The Balaban J connectivity index is 1.63. The van der Waals surface area contributed by atoms with Crippen LogP contribution in [0.1, 0.15) is 16.7 Å². The van der Waals surface area contributed by atoms with Gasteiger partial charge in [-0.2, -0.15) is 0 Å². The van der Waals surface area contributed by atoms with Gasteiger partial charge in [0, 0.05) is 18.4 Å². The van der Waals surface area contributed by atoms with E-state index in [2.05, 4.69) is 13.0 Å². The molecule has 1 aliphatic rings. The fraction of sp³-hybridized carbons (Fsp3) is 0.294. The average molecular weight is 307 g/mol. The SMILES string of the molecule is Cc1ccc2c(c1)CC(COc1cc(F)cc(CCl)c1)O2. The van der Waals surface area contributed by atoms with Crippen molar-refractivity contribution in [3.05, 3.63) is 58.9 Å². The third kappa shape index (κ3) is 3.30. The van der Waals surface area contributed by atoms with E-state index in [-0.39, 0.29) is 17.8 Å². The second-order valence-corrected chi connectivity index (χ2v) is 5.56. The van der Waals surface area contributed by atoms with Crippen molar-refractivity contribution >= 4 is 11.6 Å². The van der Waals surface area contributed by atoms with Crippen LogP contribution in [0.3, 0.4) is 0 Å². The molecular formula is C17H16ClFO2. The maximum absolute atomic E-state index is 13.4. The number of alkyl halides is 1. The van der Waals surface area contributed by atoms with Crippen LogP contribution in [0.4, 0.5) is 4.39 Å². The van der Waals surface area contributed by atoms with E-state index < -0.39 is 0 Å². The van der Waals surface area contributed by atoms with Crippen molar-refractivity contribution in [2.45, 2.75) is 25.3 Å². The Kier molecular flexibility index (Phi) is 4.02. The highest BCUT2D eigenvalue weighted by Gasteiger charge is 2.23. The number of hydrogen-bond acceptors (Lipinski definition) is 2. The molecule has 0 radical (unpaired) electrons. The first-order chi connectivity index (χ1) is 10.1. The topological polar surface area (TPSA) is 18.5 Å². The average Bonchev–Trinajstić information content (AvgIpc) is 2.86. The normalized spacial score (nSPS) is 16.4. The van der Waals surface area contributed by atoms with Crippen LogP contribution in [0.2, 0.25) is 0 Å². The predicted molar refractivity (Wildman–Crippen MR) is 80.8 cm³/mol. The number of halogens is 2. The minimum atomic E-state index is -0.339. The van der Waals surface area contributed by atoms with Crippen molar-refractivity contribution in [2.24, 2.45) is 0 Å². The minimum Gasteiger partial charge on any atom is -0.490 e. The number of ether oxygens (including phenoxy) is 2. The van der Waals surface area contributed by atoms with E-state index in [0.717, 1.165) is 12.2 Å². The molecule has 3 rings (SSSR count). The lowest BCUT2D eigenvalue weighted by Gasteiger charge is -2.13. The van der Waals surface area contributed by atoms with Crippen LogP contribution in [0, 0.1) is 12.7 Å². The zero-order valence-electron chi connectivity index (χ0n) is 11.7. The van der Waals surface area contributed by atoms with Gasteiger partial charge in [-0.25, -0.2) is 4.39 Å². The van der Waals surface area contributed by atoms with Gasteiger partial charge in [0.2, 0.25) is 0 Å². The summed E-state index contributed by atoms with van der Waals surface area (Å²) in [6, 6.07) is 10.7. The van der Waals surface area contributed by atoms with Gasteiger partial charge < -0.3 is 9.47 Å². The van der Waals surface area contributed by atoms with Gasteiger partial charge in [0.05, 0.1) is 0 Å². The number of rotatable bonds is 4. The van der Waals surface area contributed by atoms with Crippen molar-refractivity contribution in [2.75, 3.05) is 6.61 Å². The zero-order chi connectivity index (χ0) is 14.8. The zero-order valence-corrected chi connectivity index (χ0v) is 12.5. The Morgan fingerprint density at radius 2 is 2.14 bits per heavy atom. The summed E-state index contributed by atoms with van der Waals surface area (Å²) in [5.74, 6) is 1.32. The molecule has 2 aromatic carbocycles. The summed E-state index contributed by atoms with van der Waals surface area (Å²) in [4.78, 5) is 0. The molecule has 1 heterocycles. The van der Waals surface area contributed by atoms with E-state index in [1.54, 1.807) is 6.07 Å². The summed E-state index contributed by atoms with van der Waals surface area (Å²) < 4.78 is 24.9. The second-order valence-electron chi connectivity index (χ2n) is 5.29. The van der Waals surface area contributed by atoms with E-state index in [1.807, 2.05) is 12.1 Å². The van der Waals surface area contributed by atoms with Gasteiger partial charge in [-0.15, -0.1) is 11.6 Å². The monoisotopic (exact) mass is 306 g/mol. The molecule has 1 aliphatic heterocycles. The van der Waals surface area contributed by atoms with Crippen LogP contribution >= 0.6 is 11.6 Å². The van der Waals surface area contributed by atoms with E-state index in [1.165, 1.54) is 23.3 Å². The highest BCUT2D eigenvalue weighted by molar-refractivity contribution is 6.17. The lowest BCUT2D eigenvalue weighted by molar-refractivity contribution is 0.148. The molecule has 2 nitrogen and oxygen atoms in total. The maximum Gasteiger partial charge on any atom is 0.137 e. The molecule has 0 fully saturated rings. The van der Waals surface area contributed by atoms with Crippen LogP contribution in [-0.4, -0.2) is 12.7 Å². The Labute approximate surface area is 128 Å². The van der Waals surface area contributed by atoms with Crippen LogP contribution < -0.4 is 9.47 Å². The van der Waals surface area contributed by atoms with Gasteiger partial charge in [0.25, 0.3) is 0 Å². The standard InChI is InChI=1S/C17H16ClFO2/c1-11-2-3-17-13(4-11)7-16(21-17)10-20-15-6-12(9-18)5-14(19)8-15/h2-6,8,16H,7,9-10H2,1H3. The quantitative estimate of drug-likeness (QED) is 0.786. The van der Waals surface area contributed by atoms with Crippen LogP contribution in [0.5, 0.6) is 11.5 Å². The van der Waals surface area contributed by atoms with Crippen LogP contribution in [0.25, 0.3) is 0 Å². The molecule has 0 spiro atoms. The molecule has 110 valence electrons. The highest BCUT2D eigenvalue weighted by atomic mass is 35.5. The molecular weight excluding hydrogens is 291 g/mol. The van der Waals surface area contributed by atoms with E-state index in [9.17, 15) is 4.39 Å². The molecule has 2 aromatic rings. The molecule has 1 atom stereocenters. The van der Waals surface area contributed by atoms with Gasteiger partial charge in [-0.1, -0.05) is 17.7 Å². The van der Waals surface area contributed by atoms with Gasteiger partial charge in [-0.05, 0) is 36.2 Å². The Morgan fingerprint density at radius 3 is 2.95 bits per heavy atom. The molecule has 0 N–H and O–H groups in total. The van der Waals surface area contributed by atoms with Gasteiger partial charge in [-0.3, -0.25) is 0 Å². The molecule has 4 heteroatoms. The molecule has 0 saturated heterocycles. The molecule has 0 bridgehead atoms. The van der Waals surface area contributed by atoms with E-state index in [0.29, 0.717) is 17.9 Å². The number of fused-ring (bicyclic) bond motifs is 1. The lowest BCUT2D eigenvalue weighted by Crippen LogP contribution is -2.22. The first kappa shape index (κ1) is 14.2. The Hall–Kier alpha value is -1.74. The van der Waals surface area contributed by atoms with Gasteiger partial charge in [0.1, 0.15) is 30.0 Å². The number of hydrogen-bond donors (Lipinski definition) is 0. The molecule has 0 aliphatic carbocycles. The van der Waals surface area contributed by atoms with Crippen molar-refractivity contribution in [1.82, 2.24) is 0 Å². The fourth-order valence-corrected chi connectivity index (χ4v) is 2.67. The molecule has 0 aromatic heterocycles. The number of benzene rings is 2. The summed E-state index contributed by atoms with van der Waals surface area (Å²) in [5, 5.41) is 0. The van der Waals surface area contributed by atoms with Crippen molar-refractivity contribution in [3.8, 4) is 11.5 Å². The summed E-state index contributed by atoms with van der Waals surface area (Å²) in [6.45, 7) is 2.45. The number of aryl methyl sites for hydroxylation is 1. The summed E-state index contributed by atoms with van der Waals surface area (Å²) in [5.41, 5.74) is 3.12. The lowest BCUT2D eigenvalue weighted by atomic mass is 10.1. The molecule has 0 saturated carbocycles. The summed E-state index contributed by atoms with van der Waals surface area (Å²) in [6.07, 6.45) is 0.777. The predicted octanol–water partition coefficient (Wildman–Crippen LogP) is 4.26. The third-order valence-electron chi connectivity index (χ3n) is 3.48. The minimum absolute atomic E-state index is 0.0375. The van der Waals surface area contributed by atoms with E-state index in [4.69, 9.17) is 21.1 Å². The fourth-order valence-electron chi connectivity index (χ4n) is 2.51. The Bertz CT molecular complexity index is 657. The smallest absolute Gasteiger partial charge is 0.137 e. The van der Waals surface area contributed by atoms with Crippen LogP contribution in [0.15, 0.2) is 36.4 Å².